The van der Waals surface area contributed by atoms with Crippen LogP contribution in [0.25, 0.3) is 0 Å². The molecule has 0 saturated heterocycles. The summed E-state index contributed by atoms with van der Waals surface area (Å²) >= 11 is 0. The van der Waals surface area contributed by atoms with Crippen LogP contribution in [0.1, 0.15) is 0 Å². The SMILES string of the molecule is [C]1=C2C=CNC=C2CN1. The second kappa shape index (κ2) is 1.65. The normalized spacial score (nSPS) is 21.3. The molecule has 2 nitrogen and oxygen atoms in total. The van der Waals surface area contributed by atoms with Gasteiger partial charge in [0.15, 0.2) is 0 Å². The van der Waals surface area contributed by atoms with Crippen molar-refractivity contribution in [1.82, 2.24) is 10.6 Å². The number of hydrogen-bond acceptors (Lipinski definition) is 2. The first-order valence-corrected chi connectivity index (χ1v) is 2.95. The molecule has 0 aromatic rings. The Morgan fingerprint density at radius 3 is 3.44 bits per heavy atom. The van der Waals surface area contributed by atoms with Gasteiger partial charge >= 0.3 is 0 Å². The maximum Gasteiger partial charge on any atom is 0.0663 e. The Bertz CT molecular complexity index is 211. The van der Waals surface area contributed by atoms with Gasteiger partial charge in [0, 0.05) is 24.5 Å². The average Bonchev–Trinajstić information content (AvgIpc) is 2.33. The van der Waals surface area contributed by atoms with Crippen molar-refractivity contribution in [3.8, 4) is 0 Å². The van der Waals surface area contributed by atoms with Gasteiger partial charge in [0.1, 0.15) is 0 Å². The lowest BCUT2D eigenvalue weighted by Gasteiger charge is -2.03. The lowest BCUT2D eigenvalue weighted by Crippen LogP contribution is -2.06. The van der Waals surface area contributed by atoms with Crippen molar-refractivity contribution < 1.29 is 0 Å². The van der Waals surface area contributed by atoms with Crippen LogP contribution in [-0.2, 0) is 0 Å². The van der Waals surface area contributed by atoms with Gasteiger partial charge < -0.3 is 10.6 Å². The van der Waals surface area contributed by atoms with Gasteiger partial charge in [-0.1, -0.05) is 0 Å². The van der Waals surface area contributed by atoms with Crippen LogP contribution in [0.3, 0.4) is 0 Å². The average molecular weight is 119 g/mol. The lowest BCUT2D eigenvalue weighted by molar-refractivity contribution is 0.970. The molecular weight excluding hydrogens is 112 g/mol. The third-order valence-electron chi connectivity index (χ3n) is 1.45. The standard InChI is InChI=1S/C7H7N2/c1-2-8-4-7-5-9-3-6(1)7/h1-2,4,8-9H,5H2. The molecule has 0 bridgehead atoms. The summed E-state index contributed by atoms with van der Waals surface area (Å²) in [5, 5.41) is 6.03. The zero-order valence-corrected chi connectivity index (χ0v) is 4.94. The molecule has 2 heteroatoms. The molecule has 0 atom stereocenters. The molecule has 0 fully saturated rings. The first-order chi connectivity index (χ1) is 4.47. The molecule has 45 valence electrons. The van der Waals surface area contributed by atoms with Gasteiger partial charge in [-0.15, -0.1) is 0 Å². The highest BCUT2D eigenvalue weighted by molar-refractivity contribution is 5.43. The highest BCUT2D eigenvalue weighted by atomic mass is 14.9. The number of nitrogens with one attached hydrogen (secondary N) is 2. The van der Waals surface area contributed by atoms with E-state index in [1.807, 2.05) is 18.5 Å². The summed E-state index contributed by atoms with van der Waals surface area (Å²) in [4.78, 5) is 0. The van der Waals surface area contributed by atoms with Crippen LogP contribution < -0.4 is 10.6 Å². The Morgan fingerprint density at radius 2 is 2.56 bits per heavy atom. The first kappa shape index (κ1) is 4.68. The van der Waals surface area contributed by atoms with E-state index in [9.17, 15) is 0 Å². The van der Waals surface area contributed by atoms with Crippen LogP contribution in [0.5, 0.6) is 0 Å². The largest absolute Gasteiger partial charge is 0.379 e. The fraction of sp³-hybridized carbons (Fsp3) is 0.143. The number of rotatable bonds is 0. The van der Waals surface area contributed by atoms with Crippen molar-refractivity contribution in [2.24, 2.45) is 0 Å². The van der Waals surface area contributed by atoms with Crippen LogP contribution in [0.4, 0.5) is 0 Å². The quantitative estimate of drug-likeness (QED) is 0.478. The van der Waals surface area contributed by atoms with Crippen molar-refractivity contribution in [3.05, 3.63) is 35.8 Å². The smallest absolute Gasteiger partial charge is 0.0663 e. The van der Waals surface area contributed by atoms with Gasteiger partial charge in [0.2, 0.25) is 0 Å². The second-order valence-electron chi connectivity index (χ2n) is 2.06. The molecule has 9 heavy (non-hydrogen) atoms. The van der Waals surface area contributed by atoms with E-state index in [1.165, 1.54) is 11.1 Å². The summed E-state index contributed by atoms with van der Waals surface area (Å²) in [6, 6.07) is 0. The molecule has 2 heterocycles. The van der Waals surface area contributed by atoms with E-state index in [4.69, 9.17) is 0 Å². The minimum absolute atomic E-state index is 0.909. The van der Waals surface area contributed by atoms with Gasteiger partial charge in [-0.2, -0.15) is 0 Å². The van der Waals surface area contributed by atoms with Gasteiger partial charge in [-0.3, -0.25) is 0 Å². The van der Waals surface area contributed by atoms with Crippen molar-refractivity contribution in [2.75, 3.05) is 6.54 Å². The molecule has 0 unspecified atom stereocenters. The third-order valence-corrected chi connectivity index (χ3v) is 1.45. The summed E-state index contributed by atoms with van der Waals surface area (Å²) in [6.07, 6.45) is 8.93. The molecule has 1 radical (unpaired) electrons. The van der Waals surface area contributed by atoms with Gasteiger partial charge in [0.25, 0.3) is 0 Å². The molecule has 2 rings (SSSR count). The third kappa shape index (κ3) is 0.633. The fourth-order valence-electron chi connectivity index (χ4n) is 0.968. The summed E-state index contributed by atoms with van der Waals surface area (Å²) in [5.74, 6) is 0. The second-order valence-corrected chi connectivity index (χ2v) is 2.06. The van der Waals surface area contributed by atoms with E-state index < -0.39 is 0 Å². The summed E-state index contributed by atoms with van der Waals surface area (Å²) < 4.78 is 0. The zero-order valence-electron chi connectivity index (χ0n) is 4.94. The van der Waals surface area contributed by atoms with Crippen molar-refractivity contribution in [3.63, 3.8) is 0 Å². The van der Waals surface area contributed by atoms with E-state index >= 15 is 0 Å². The summed E-state index contributed by atoms with van der Waals surface area (Å²) in [5.41, 5.74) is 2.46. The van der Waals surface area contributed by atoms with Crippen molar-refractivity contribution >= 4 is 0 Å². The van der Waals surface area contributed by atoms with E-state index in [1.54, 1.807) is 0 Å². The Balaban J connectivity index is 2.37. The van der Waals surface area contributed by atoms with Gasteiger partial charge in [-0.05, 0) is 11.6 Å². The zero-order chi connectivity index (χ0) is 6.10. The maximum atomic E-state index is 3.03. The molecule has 0 spiro atoms. The number of fused-ring (bicyclic) bond motifs is 1. The van der Waals surface area contributed by atoms with Crippen LogP contribution in [0.15, 0.2) is 29.6 Å². The summed E-state index contributed by atoms with van der Waals surface area (Å²) in [7, 11) is 0. The minimum Gasteiger partial charge on any atom is -0.379 e. The molecule has 2 aliphatic heterocycles. The van der Waals surface area contributed by atoms with Crippen molar-refractivity contribution in [2.45, 2.75) is 0 Å². The Hall–Kier alpha value is -1.18. The van der Waals surface area contributed by atoms with Gasteiger partial charge in [-0.25, -0.2) is 0 Å². The monoisotopic (exact) mass is 119 g/mol. The predicted octanol–water partition coefficient (Wildman–Crippen LogP) is 0.277. The summed E-state index contributed by atoms with van der Waals surface area (Å²) in [6.45, 7) is 0.909. The molecular formula is C7H7N2. The topological polar surface area (TPSA) is 24.1 Å². The molecule has 0 aromatic carbocycles. The highest BCUT2D eigenvalue weighted by Gasteiger charge is 2.09. The number of hydrogen-bond donors (Lipinski definition) is 2. The van der Waals surface area contributed by atoms with Crippen molar-refractivity contribution in [1.29, 1.82) is 0 Å². The minimum atomic E-state index is 0.909. The molecule has 2 N–H and O–H groups in total. The van der Waals surface area contributed by atoms with Crippen LogP contribution in [-0.4, -0.2) is 6.54 Å². The van der Waals surface area contributed by atoms with Crippen LogP contribution in [0.2, 0.25) is 0 Å². The van der Waals surface area contributed by atoms with E-state index in [2.05, 4.69) is 16.8 Å². The molecule has 0 amide bonds. The first-order valence-electron chi connectivity index (χ1n) is 2.95. The van der Waals surface area contributed by atoms with Crippen LogP contribution in [0, 0.1) is 6.20 Å². The number of allylic oxidation sites excluding steroid dienone is 1. The fourth-order valence-corrected chi connectivity index (χ4v) is 0.968. The Labute approximate surface area is 53.9 Å². The number of dihydropyridines is 1. The van der Waals surface area contributed by atoms with Crippen LogP contribution >= 0.6 is 0 Å². The van der Waals surface area contributed by atoms with E-state index in [0.29, 0.717) is 0 Å². The lowest BCUT2D eigenvalue weighted by atomic mass is 10.1. The van der Waals surface area contributed by atoms with Gasteiger partial charge in [0.05, 0.1) is 6.20 Å². The van der Waals surface area contributed by atoms with E-state index in [0.717, 1.165) is 6.54 Å². The van der Waals surface area contributed by atoms with E-state index in [-0.39, 0.29) is 0 Å². The predicted molar refractivity (Wildman–Crippen MR) is 35.1 cm³/mol. The maximum absolute atomic E-state index is 3.03. The molecule has 2 aliphatic rings. The highest BCUT2D eigenvalue weighted by Crippen LogP contribution is 2.15. The Morgan fingerprint density at radius 1 is 1.56 bits per heavy atom. The Kier molecular flexibility index (Phi) is 0.859. The molecule has 0 saturated carbocycles. The molecule has 0 aliphatic carbocycles. The molecule has 0 aromatic heterocycles.